The number of carbonyl (C=O) groups is 1. The van der Waals surface area contributed by atoms with Crippen molar-refractivity contribution in [2.75, 3.05) is 18.5 Å². The first kappa shape index (κ1) is 15.7. The van der Waals surface area contributed by atoms with Gasteiger partial charge in [-0.2, -0.15) is 0 Å². The molecule has 1 aliphatic heterocycles. The highest BCUT2D eigenvalue weighted by molar-refractivity contribution is 6.02. The van der Waals surface area contributed by atoms with Crippen molar-refractivity contribution in [2.24, 2.45) is 0 Å². The van der Waals surface area contributed by atoms with E-state index in [-0.39, 0.29) is 17.7 Å². The predicted molar refractivity (Wildman–Crippen MR) is 84.1 cm³/mol. The number of nitrogens with one attached hydrogen (secondary N) is 1. The molecule has 0 aliphatic carbocycles. The van der Waals surface area contributed by atoms with Gasteiger partial charge in [-0.15, -0.1) is 0 Å². The zero-order valence-electron chi connectivity index (χ0n) is 12.9. The molecule has 6 nitrogen and oxygen atoms in total. The Morgan fingerprint density at radius 2 is 2.30 bits per heavy atom. The van der Waals surface area contributed by atoms with E-state index in [0.29, 0.717) is 18.9 Å². The molecule has 6 heteroatoms. The van der Waals surface area contributed by atoms with Crippen LogP contribution in [0.5, 0.6) is 0 Å². The largest absolute Gasteiger partial charge is 0.376 e. The van der Waals surface area contributed by atoms with Crippen LogP contribution in [0.15, 0.2) is 41.1 Å². The molecule has 3 rings (SSSR count). The number of anilines is 1. The zero-order valence-corrected chi connectivity index (χ0v) is 12.9. The van der Waals surface area contributed by atoms with E-state index < -0.39 is 0 Å². The Bertz CT molecular complexity index is 621. The summed E-state index contributed by atoms with van der Waals surface area (Å²) in [6, 6.07) is 9.08. The van der Waals surface area contributed by atoms with Crippen molar-refractivity contribution < 1.29 is 18.8 Å². The monoisotopic (exact) mass is 316 g/mol. The number of hydrogen-bond donors (Lipinski definition) is 1. The maximum atomic E-state index is 11.9. The van der Waals surface area contributed by atoms with E-state index >= 15 is 0 Å². The fourth-order valence-electron chi connectivity index (χ4n) is 2.51. The molecule has 1 atom stereocenters. The summed E-state index contributed by atoms with van der Waals surface area (Å²) in [5.74, 6) is -0.299. The summed E-state index contributed by atoms with van der Waals surface area (Å²) in [4.78, 5) is 11.9. The van der Waals surface area contributed by atoms with Gasteiger partial charge in [-0.05, 0) is 37.0 Å². The zero-order chi connectivity index (χ0) is 15.9. The Morgan fingerprint density at radius 1 is 1.35 bits per heavy atom. The molecule has 0 radical (unpaired) electrons. The summed E-state index contributed by atoms with van der Waals surface area (Å²) in [5, 5.41) is 6.39. The van der Waals surface area contributed by atoms with Crippen LogP contribution in [-0.4, -0.2) is 30.4 Å². The lowest BCUT2D eigenvalue weighted by Gasteiger charge is -2.22. The van der Waals surface area contributed by atoms with E-state index in [1.165, 1.54) is 18.8 Å². The number of amides is 1. The SMILES string of the molecule is O=C(Nc1cccc(COC[C@@H]2CCCCO2)c1)c1ccon1. The van der Waals surface area contributed by atoms with Gasteiger partial charge in [-0.25, -0.2) is 0 Å². The molecule has 1 saturated heterocycles. The smallest absolute Gasteiger partial charge is 0.277 e. The molecule has 1 amide bonds. The molecule has 0 bridgehead atoms. The Kier molecular flexibility index (Phi) is 5.39. The fraction of sp³-hybridized carbons (Fsp3) is 0.412. The molecular weight excluding hydrogens is 296 g/mol. The molecule has 1 aromatic carbocycles. The summed E-state index contributed by atoms with van der Waals surface area (Å²) in [6.45, 7) is 1.93. The quantitative estimate of drug-likeness (QED) is 0.887. The van der Waals surface area contributed by atoms with Gasteiger partial charge in [0.1, 0.15) is 6.26 Å². The van der Waals surface area contributed by atoms with Gasteiger partial charge in [0, 0.05) is 18.4 Å². The third kappa shape index (κ3) is 4.64. The summed E-state index contributed by atoms with van der Waals surface area (Å²) >= 11 is 0. The summed E-state index contributed by atoms with van der Waals surface area (Å²) in [7, 11) is 0. The van der Waals surface area contributed by atoms with Crippen molar-refractivity contribution >= 4 is 11.6 Å². The van der Waals surface area contributed by atoms with Crippen molar-refractivity contribution in [3.63, 3.8) is 0 Å². The van der Waals surface area contributed by atoms with Crippen LogP contribution in [0.4, 0.5) is 5.69 Å². The predicted octanol–water partition coefficient (Wildman–Crippen LogP) is 3.01. The first-order chi connectivity index (χ1) is 11.3. The maximum Gasteiger partial charge on any atom is 0.277 e. The van der Waals surface area contributed by atoms with Gasteiger partial charge in [0.05, 0.1) is 19.3 Å². The molecule has 2 heterocycles. The highest BCUT2D eigenvalue weighted by Crippen LogP contribution is 2.15. The molecule has 1 aromatic heterocycles. The number of carbonyl (C=O) groups excluding carboxylic acids is 1. The lowest BCUT2D eigenvalue weighted by molar-refractivity contribution is -0.0447. The average molecular weight is 316 g/mol. The topological polar surface area (TPSA) is 73.6 Å². The Morgan fingerprint density at radius 3 is 3.09 bits per heavy atom. The van der Waals surface area contributed by atoms with Crippen molar-refractivity contribution in [3.05, 3.63) is 47.9 Å². The van der Waals surface area contributed by atoms with Crippen LogP contribution in [0.25, 0.3) is 0 Å². The number of rotatable bonds is 6. The Hall–Kier alpha value is -2.18. The van der Waals surface area contributed by atoms with Crippen LogP contribution in [-0.2, 0) is 16.1 Å². The first-order valence-electron chi connectivity index (χ1n) is 7.81. The molecule has 1 N–H and O–H groups in total. The second-order valence-electron chi connectivity index (χ2n) is 5.54. The van der Waals surface area contributed by atoms with E-state index in [4.69, 9.17) is 9.47 Å². The Balaban J connectivity index is 1.49. The van der Waals surface area contributed by atoms with Crippen LogP contribution in [0.2, 0.25) is 0 Å². The fourth-order valence-corrected chi connectivity index (χ4v) is 2.51. The van der Waals surface area contributed by atoms with E-state index in [2.05, 4.69) is 15.0 Å². The van der Waals surface area contributed by atoms with E-state index in [1.807, 2.05) is 24.3 Å². The van der Waals surface area contributed by atoms with Crippen LogP contribution in [0.3, 0.4) is 0 Å². The van der Waals surface area contributed by atoms with Gasteiger partial charge in [0.25, 0.3) is 5.91 Å². The van der Waals surface area contributed by atoms with Gasteiger partial charge < -0.3 is 19.3 Å². The maximum absolute atomic E-state index is 11.9. The van der Waals surface area contributed by atoms with Gasteiger partial charge in [0.2, 0.25) is 0 Å². The number of benzene rings is 1. The highest BCUT2D eigenvalue weighted by atomic mass is 16.5. The minimum Gasteiger partial charge on any atom is -0.376 e. The number of ether oxygens (including phenoxy) is 2. The highest BCUT2D eigenvalue weighted by Gasteiger charge is 2.14. The van der Waals surface area contributed by atoms with Crippen molar-refractivity contribution in [1.82, 2.24) is 5.16 Å². The molecule has 1 fully saturated rings. The number of hydrogen-bond acceptors (Lipinski definition) is 5. The average Bonchev–Trinajstić information content (AvgIpc) is 3.11. The number of aromatic nitrogens is 1. The van der Waals surface area contributed by atoms with Gasteiger partial charge >= 0.3 is 0 Å². The van der Waals surface area contributed by atoms with Gasteiger partial charge in [-0.1, -0.05) is 17.3 Å². The second-order valence-corrected chi connectivity index (χ2v) is 5.54. The van der Waals surface area contributed by atoms with E-state index in [0.717, 1.165) is 25.0 Å². The molecular formula is C17H20N2O4. The molecule has 2 aromatic rings. The molecule has 23 heavy (non-hydrogen) atoms. The van der Waals surface area contributed by atoms with Crippen LogP contribution < -0.4 is 5.32 Å². The minimum absolute atomic E-state index is 0.207. The number of nitrogens with zero attached hydrogens (tertiary/aromatic N) is 1. The van der Waals surface area contributed by atoms with Crippen LogP contribution in [0, 0.1) is 0 Å². The summed E-state index contributed by atoms with van der Waals surface area (Å²) in [6.07, 6.45) is 4.99. The Labute approximate surface area is 134 Å². The minimum atomic E-state index is -0.299. The summed E-state index contributed by atoms with van der Waals surface area (Å²) in [5.41, 5.74) is 1.95. The standard InChI is InChI=1S/C17H20N2O4/c20-17(16-7-9-23-19-16)18-14-5-3-4-13(10-14)11-21-12-15-6-1-2-8-22-15/h3-5,7,9-10,15H,1-2,6,8,11-12H2,(H,18,20)/t15-/m0/s1. The van der Waals surface area contributed by atoms with Gasteiger partial charge in [-0.3, -0.25) is 4.79 Å². The molecule has 0 unspecified atom stereocenters. The third-order valence-corrected chi connectivity index (χ3v) is 3.70. The van der Waals surface area contributed by atoms with Gasteiger partial charge in [0.15, 0.2) is 5.69 Å². The normalized spacial score (nSPS) is 17.8. The van der Waals surface area contributed by atoms with Crippen molar-refractivity contribution in [1.29, 1.82) is 0 Å². The van der Waals surface area contributed by atoms with Crippen LogP contribution >= 0.6 is 0 Å². The molecule has 122 valence electrons. The molecule has 0 spiro atoms. The summed E-state index contributed by atoms with van der Waals surface area (Å²) < 4.78 is 16.0. The van der Waals surface area contributed by atoms with E-state index in [9.17, 15) is 4.79 Å². The first-order valence-corrected chi connectivity index (χ1v) is 7.81. The molecule has 1 aliphatic rings. The van der Waals surface area contributed by atoms with E-state index in [1.54, 1.807) is 0 Å². The lowest BCUT2D eigenvalue weighted by Crippen LogP contribution is -2.24. The second kappa shape index (κ2) is 7.89. The van der Waals surface area contributed by atoms with Crippen LogP contribution in [0.1, 0.15) is 35.3 Å². The lowest BCUT2D eigenvalue weighted by atomic mass is 10.1. The third-order valence-electron chi connectivity index (χ3n) is 3.70. The van der Waals surface area contributed by atoms with Crippen molar-refractivity contribution in [2.45, 2.75) is 32.0 Å². The molecule has 0 saturated carbocycles. The van der Waals surface area contributed by atoms with Crippen molar-refractivity contribution in [3.8, 4) is 0 Å².